The van der Waals surface area contributed by atoms with Crippen LogP contribution in [-0.4, -0.2) is 40.4 Å². The van der Waals surface area contributed by atoms with E-state index in [1.807, 2.05) is 26.1 Å². The number of rotatable bonds is 6. The van der Waals surface area contributed by atoms with Crippen molar-refractivity contribution in [3.8, 4) is 5.75 Å². The number of ether oxygens (including phenoxy) is 1. The number of benzene rings is 1. The summed E-state index contributed by atoms with van der Waals surface area (Å²) in [5.41, 5.74) is 0. The Balaban J connectivity index is 0.00000288. The van der Waals surface area contributed by atoms with Gasteiger partial charge >= 0.3 is 0 Å². The highest BCUT2D eigenvalue weighted by Gasteiger charge is 2.07. The number of nitrogens with one attached hydrogen (secondary N) is 2. The van der Waals surface area contributed by atoms with Gasteiger partial charge < -0.3 is 15.4 Å². The van der Waals surface area contributed by atoms with Crippen LogP contribution in [0.1, 0.15) is 12.7 Å². The molecule has 0 spiro atoms. The van der Waals surface area contributed by atoms with E-state index in [1.165, 1.54) is 6.33 Å². The first-order valence-corrected chi connectivity index (χ1v) is 7.66. The van der Waals surface area contributed by atoms with E-state index in [9.17, 15) is 0 Å². The van der Waals surface area contributed by atoms with Crippen molar-refractivity contribution in [1.82, 2.24) is 25.4 Å². The smallest absolute Gasteiger partial charge is 0.191 e. The topological polar surface area (TPSA) is 76.4 Å². The molecule has 132 valence electrons. The van der Waals surface area contributed by atoms with Crippen LogP contribution < -0.4 is 15.4 Å². The molecule has 1 atom stereocenters. The Kier molecular flexibility index (Phi) is 8.83. The third-order valence-corrected chi connectivity index (χ3v) is 3.40. The molecule has 0 amide bonds. The predicted molar refractivity (Wildman–Crippen MR) is 106 cm³/mol. The lowest BCUT2D eigenvalue weighted by atomic mass is 10.3. The lowest BCUT2D eigenvalue weighted by Gasteiger charge is -2.17. The van der Waals surface area contributed by atoms with E-state index < -0.39 is 0 Å². The molecule has 9 heteroatoms. The average Bonchev–Trinajstić information content (AvgIpc) is 2.95. The van der Waals surface area contributed by atoms with E-state index in [1.54, 1.807) is 23.9 Å². The summed E-state index contributed by atoms with van der Waals surface area (Å²) in [6.45, 7) is 3.14. The number of aliphatic imine (C=N–C) groups is 1. The molecule has 1 heterocycles. The maximum absolute atomic E-state index is 5.85. The number of halogens is 2. The number of hydrogen-bond acceptors (Lipinski definition) is 4. The maximum atomic E-state index is 5.85. The molecular formula is C15H22ClIN6O. The molecule has 7 nitrogen and oxygen atoms in total. The van der Waals surface area contributed by atoms with E-state index >= 15 is 0 Å². The first-order valence-electron chi connectivity index (χ1n) is 7.28. The van der Waals surface area contributed by atoms with Gasteiger partial charge in [0.1, 0.15) is 24.0 Å². The molecule has 0 saturated heterocycles. The van der Waals surface area contributed by atoms with Gasteiger partial charge in [-0.05, 0) is 31.2 Å². The van der Waals surface area contributed by atoms with Crippen LogP contribution in [0.25, 0.3) is 0 Å². The largest absolute Gasteiger partial charge is 0.489 e. The van der Waals surface area contributed by atoms with Gasteiger partial charge in [0.15, 0.2) is 5.96 Å². The molecule has 0 bridgehead atoms. The molecule has 2 rings (SSSR count). The number of guanidine groups is 1. The zero-order valence-corrected chi connectivity index (χ0v) is 16.9. The Hall–Kier alpha value is -1.55. The minimum Gasteiger partial charge on any atom is -0.489 e. The molecule has 2 N–H and O–H groups in total. The fourth-order valence-corrected chi connectivity index (χ4v) is 2.02. The molecule has 1 aromatic heterocycles. The van der Waals surface area contributed by atoms with E-state index in [4.69, 9.17) is 16.3 Å². The van der Waals surface area contributed by atoms with E-state index in [2.05, 4.69) is 25.7 Å². The summed E-state index contributed by atoms with van der Waals surface area (Å²) < 4.78 is 7.52. The van der Waals surface area contributed by atoms with E-state index in [-0.39, 0.29) is 30.1 Å². The summed E-state index contributed by atoms with van der Waals surface area (Å²) in [4.78, 5) is 8.32. The lowest BCUT2D eigenvalue weighted by Crippen LogP contribution is -2.41. The third kappa shape index (κ3) is 6.52. The molecule has 0 aliphatic heterocycles. The Morgan fingerprint density at radius 1 is 1.33 bits per heavy atom. The summed E-state index contributed by atoms with van der Waals surface area (Å²) in [6, 6.07) is 7.30. The second-order valence-electron chi connectivity index (χ2n) is 4.99. The first-order chi connectivity index (χ1) is 11.1. The predicted octanol–water partition coefficient (Wildman–Crippen LogP) is 2.22. The van der Waals surface area contributed by atoms with Crippen molar-refractivity contribution in [2.75, 3.05) is 13.6 Å². The highest BCUT2D eigenvalue weighted by atomic mass is 127. The average molecular weight is 465 g/mol. The van der Waals surface area contributed by atoms with Crippen LogP contribution in [0.4, 0.5) is 0 Å². The fourth-order valence-electron chi connectivity index (χ4n) is 1.89. The summed E-state index contributed by atoms with van der Waals surface area (Å²) in [5, 5.41) is 11.1. The van der Waals surface area contributed by atoms with Crippen LogP contribution in [0.5, 0.6) is 5.75 Å². The number of aryl methyl sites for hydroxylation is 1. The maximum Gasteiger partial charge on any atom is 0.191 e. The van der Waals surface area contributed by atoms with Gasteiger partial charge in [-0.25, -0.2) is 4.98 Å². The number of aromatic nitrogens is 3. The highest BCUT2D eigenvalue weighted by Crippen LogP contribution is 2.16. The SMILES string of the molecule is CN=C(NCc1ncnn1C)NCC(C)Oc1ccc(Cl)cc1.I. The summed E-state index contributed by atoms with van der Waals surface area (Å²) in [6.07, 6.45) is 1.50. The zero-order chi connectivity index (χ0) is 16.7. The van der Waals surface area contributed by atoms with Gasteiger partial charge in [-0.2, -0.15) is 5.10 Å². The molecule has 0 aliphatic rings. The molecule has 1 unspecified atom stereocenters. The number of hydrogen-bond donors (Lipinski definition) is 2. The molecule has 0 saturated carbocycles. The van der Waals surface area contributed by atoms with Gasteiger partial charge in [0.05, 0.1) is 13.1 Å². The summed E-state index contributed by atoms with van der Waals surface area (Å²) >= 11 is 5.85. The van der Waals surface area contributed by atoms with E-state index in [0.717, 1.165) is 11.6 Å². The Labute approximate surface area is 163 Å². The van der Waals surface area contributed by atoms with Crippen molar-refractivity contribution in [3.63, 3.8) is 0 Å². The second kappa shape index (κ2) is 10.3. The molecule has 0 radical (unpaired) electrons. The van der Waals surface area contributed by atoms with Crippen molar-refractivity contribution in [2.45, 2.75) is 19.6 Å². The van der Waals surface area contributed by atoms with Crippen molar-refractivity contribution in [1.29, 1.82) is 0 Å². The summed E-state index contributed by atoms with van der Waals surface area (Å²) in [7, 11) is 3.57. The minimum atomic E-state index is -0.0236. The van der Waals surface area contributed by atoms with Gasteiger partial charge in [0, 0.05) is 19.1 Å². The fraction of sp³-hybridized carbons (Fsp3) is 0.400. The third-order valence-electron chi connectivity index (χ3n) is 3.15. The molecule has 1 aromatic carbocycles. The Bertz CT molecular complexity index is 646. The van der Waals surface area contributed by atoms with Crippen LogP contribution in [0, 0.1) is 0 Å². The highest BCUT2D eigenvalue weighted by molar-refractivity contribution is 14.0. The second-order valence-corrected chi connectivity index (χ2v) is 5.43. The molecule has 0 aliphatic carbocycles. The van der Waals surface area contributed by atoms with Gasteiger partial charge in [-0.15, -0.1) is 24.0 Å². The van der Waals surface area contributed by atoms with Crippen LogP contribution in [0.2, 0.25) is 5.02 Å². The van der Waals surface area contributed by atoms with Crippen molar-refractivity contribution in [3.05, 3.63) is 41.4 Å². The molecule has 2 aromatic rings. The zero-order valence-electron chi connectivity index (χ0n) is 13.9. The quantitative estimate of drug-likeness (QED) is 0.389. The van der Waals surface area contributed by atoms with E-state index in [0.29, 0.717) is 24.1 Å². The monoisotopic (exact) mass is 464 g/mol. The van der Waals surface area contributed by atoms with Crippen LogP contribution in [-0.2, 0) is 13.6 Å². The van der Waals surface area contributed by atoms with Crippen molar-refractivity contribution >= 4 is 41.5 Å². The Morgan fingerprint density at radius 3 is 2.62 bits per heavy atom. The molecule has 24 heavy (non-hydrogen) atoms. The first kappa shape index (κ1) is 20.5. The van der Waals surface area contributed by atoms with Crippen LogP contribution in [0.3, 0.4) is 0 Å². The normalized spacial score (nSPS) is 12.2. The molecule has 0 fully saturated rings. The number of nitrogens with zero attached hydrogens (tertiary/aromatic N) is 4. The van der Waals surface area contributed by atoms with Gasteiger partial charge in [0.2, 0.25) is 0 Å². The minimum absolute atomic E-state index is 0. The van der Waals surface area contributed by atoms with Gasteiger partial charge in [0.25, 0.3) is 0 Å². The lowest BCUT2D eigenvalue weighted by molar-refractivity contribution is 0.224. The van der Waals surface area contributed by atoms with Crippen molar-refractivity contribution < 1.29 is 4.74 Å². The van der Waals surface area contributed by atoms with Crippen LogP contribution in [0.15, 0.2) is 35.6 Å². The van der Waals surface area contributed by atoms with Gasteiger partial charge in [-0.1, -0.05) is 11.6 Å². The van der Waals surface area contributed by atoms with Crippen LogP contribution >= 0.6 is 35.6 Å². The van der Waals surface area contributed by atoms with Crippen molar-refractivity contribution in [2.24, 2.45) is 12.0 Å². The van der Waals surface area contributed by atoms with Gasteiger partial charge in [-0.3, -0.25) is 9.67 Å². The summed E-state index contributed by atoms with van der Waals surface area (Å²) in [5.74, 6) is 2.30. The molecular weight excluding hydrogens is 443 g/mol. The standard InChI is InChI=1S/C15H21ClN6O.HI/c1-11(23-13-6-4-12(16)5-7-13)8-18-15(17-2)19-9-14-20-10-21-22(14)3;/h4-7,10-11H,8-9H2,1-3H3,(H2,17,18,19);1H. The Morgan fingerprint density at radius 2 is 2.04 bits per heavy atom.